The van der Waals surface area contributed by atoms with Gasteiger partial charge in [0.05, 0.1) is 16.7 Å². The lowest BCUT2D eigenvalue weighted by Crippen LogP contribution is -1.97. The van der Waals surface area contributed by atoms with Crippen molar-refractivity contribution in [3.8, 4) is 61.3 Å². The molecule has 1 heterocycles. The highest BCUT2D eigenvalue weighted by Gasteiger charge is 2.19. The second-order valence-corrected chi connectivity index (χ2v) is 18.4. The summed E-state index contributed by atoms with van der Waals surface area (Å²) in [5.41, 5.74) is 15.7. The number of nitrogens with zero attached hydrogens (tertiary/aromatic N) is 1. The maximum Gasteiger partial charge on any atom is 0.0541 e. The highest BCUT2D eigenvalue weighted by Crippen LogP contribution is 2.43. The molecule has 1 nitrogen and oxygen atoms in total. The van der Waals surface area contributed by atoms with Gasteiger partial charge in [-0.1, -0.05) is 212 Å². The first kappa shape index (κ1) is 39.2. The van der Waals surface area contributed by atoms with Gasteiger partial charge in [0.1, 0.15) is 0 Å². The lowest BCUT2D eigenvalue weighted by molar-refractivity contribution is 1.20. The Morgan fingerprint density at radius 2 is 0.565 bits per heavy atom. The second kappa shape index (κ2) is 15.8. The highest BCUT2D eigenvalue weighted by atomic mass is 15.0. The van der Waals surface area contributed by atoms with Crippen LogP contribution in [0.5, 0.6) is 0 Å². The molecule has 14 aromatic rings. The first-order valence-electron chi connectivity index (χ1n) is 23.9. The summed E-state index contributed by atoms with van der Waals surface area (Å²) < 4.78 is 2.49. The Hall–Kier alpha value is -9.04. The van der Waals surface area contributed by atoms with Crippen molar-refractivity contribution in [2.75, 3.05) is 0 Å². The molecule has 0 fully saturated rings. The molecule has 0 spiro atoms. The van der Waals surface area contributed by atoms with E-state index in [9.17, 15) is 0 Å². The van der Waals surface area contributed by atoms with Crippen LogP contribution in [0.1, 0.15) is 0 Å². The molecule has 0 aliphatic rings. The van der Waals surface area contributed by atoms with Gasteiger partial charge in [-0.2, -0.15) is 0 Å². The monoisotopic (exact) mass is 873 g/mol. The van der Waals surface area contributed by atoms with Crippen molar-refractivity contribution in [3.63, 3.8) is 0 Å². The van der Waals surface area contributed by atoms with Crippen molar-refractivity contribution in [2.24, 2.45) is 0 Å². The van der Waals surface area contributed by atoms with Crippen LogP contribution >= 0.6 is 0 Å². The smallest absolute Gasteiger partial charge is 0.0541 e. The van der Waals surface area contributed by atoms with E-state index >= 15 is 0 Å². The molecule has 0 saturated heterocycles. The Labute approximate surface area is 400 Å². The fourth-order valence-corrected chi connectivity index (χ4v) is 11.1. The Morgan fingerprint density at radius 1 is 0.188 bits per heavy atom. The van der Waals surface area contributed by atoms with Gasteiger partial charge in [0.15, 0.2) is 0 Å². The van der Waals surface area contributed by atoms with Crippen LogP contribution in [0.2, 0.25) is 0 Å². The normalized spacial score (nSPS) is 11.8. The lowest BCUT2D eigenvalue weighted by atomic mass is 9.90. The van der Waals surface area contributed by atoms with Crippen molar-refractivity contribution in [2.45, 2.75) is 0 Å². The Balaban J connectivity index is 0.926. The minimum atomic E-state index is 1.17. The first-order chi connectivity index (χ1) is 34.2. The number of hydrogen-bond donors (Lipinski definition) is 0. The van der Waals surface area contributed by atoms with E-state index in [1.165, 1.54) is 137 Å². The van der Waals surface area contributed by atoms with E-state index < -0.39 is 0 Å². The summed E-state index contributed by atoms with van der Waals surface area (Å²) in [5, 5.41) is 15.0. The number of hydrogen-bond acceptors (Lipinski definition) is 0. The van der Waals surface area contributed by atoms with Gasteiger partial charge in [-0.3, -0.25) is 0 Å². The van der Waals surface area contributed by atoms with Crippen LogP contribution in [0.15, 0.2) is 261 Å². The molecular weight excluding hydrogens is 831 g/mol. The van der Waals surface area contributed by atoms with E-state index in [-0.39, 0.29) is 0 Å². The van der Waals surface area contributed by atoms with Crippen molar-refractivity contribution in [1.82, 2.24) is 4.57 Å². The molecule has 1 heteroatoms. The van der Waals surface area contributed by atoms with Crippen LogP contribution in [-0.4, -0.2) is 4.57 Å². The minimum Gasteiger partial charge on any atom is -0.309 e. The predicted molar refractivity (Wildman–Crippen MR) is 295 cm³/mol. The standard InChI is InChI=1S/C68H43N/c1-3-13-50-39-52(31-29-44(50)11-1)46-21-25-48(26-22-46)54-33-36-67-64(41-54)65-42-55(49-27-23-47(24-28-49)53-32-30-45-12-2-4-14-51(45)40-53)34-37-68(65)69(67)66-38-35-61(59-18-9-10-20-62(59)66)63-43-56-15-5-6-16-57(56)58-17-7-8-19-60(58)63/h1-43H. The molecule has 0 unspecified atom stereocenters. The molecule has 0 bridgehead atoms. The third-order valence-corrected chi connectivity index (χ3v) is 14.6. The van der Waals surface area contributed by atoms with E-state index in [0.717, 1.165) is 0 Å². The second-order valence-electron chi connectivity index (χ2n) is 18.4. The third kappa shape index (κ3) is 6.54. The van der Waals surface area contributed by atoms with E-state index in [4.69, 9.17) is 0 Å². The van der Waals surface area contributed by atoms with Crippen molar-refractivity contribution >= 4 is 75.7 Å². The SMILES string of the molecule is c1ccc2cc(-c3ccc(-c4ccc5c(c4)c4cc(-c6ccc(-c7ccc8ccccc8c7)cc6)ccc4n5-c4ccc(-c5cc6ccccc6c6ccccc56)c5ccccc45)cc3)ccc2c1. The van der Waals surface area contributed by atoms with Crippen LogP contribution in [-0.2, 0) is 0 Å². The summed E-state index contributed by atoms with van der Waals surface area (Å²) in [6.07, 6.45) is 0. The van der Waals surface area contributed by atoms with Gasteiger partial charge in [-0.05, 0) is 153 Å². The molecule has 320 valence electrons. The topological polar surface area (TPSA) is 4.93 Å². The average molecular weight is 874 g/mol. The molecule has 0 radical (unpaired) electrons. The summed E-state index contributed by atoms with van der Waals surface area (Å²) in [7, 11) is 0. The summed E-state index contributed by atoms with van der Waals surface area (Å²) in [6, 6.07) is 96.5. The third-order valence-electron chi connectivity index (χ3n) is 14.6. The number of aromatic nitrogens is 1. The number of rotatable bonds is 6. The molecule has 13 aromatic carbocycles. The quantitative estimate of drug-likeness (QED) is 0.147. The molecule has 14 rings (SSSR count). The minimum absolute atomic E-state index is 1.17. The van der Waals surface area contributed by atoms with E-state index in [0.29, 0.717) is 0 Å². The van der Waals surface area contributed by atoms with E-state index in [2.05, 4.69) is 265 Å². The molecule has 0 amide bonds. The molecule has 0 N–H and O–H groups in total. The Kier molecular flexibility index (Phi) is 8.97. The van der Waals surface area contributed by atoms with Gasteiger partial charge in [-0.15, -0.1) is 0 Å². The van der Waals surface area contributed by atoms with E-state index in [1.54, 1.807) is 0 Å². The summed E-state index contributed by atoms with van der Waals surface area (Å²) in [5.74, 6) is 0. The largest absolute Gasteiger partial charge is 0.309 e. The molecular formula is C68H43N. The zero-order chi connectivity index (χ0) is 45.4. The summed E-state index contributed by atoms with van der Waals surface area (Å²) in [4.78, 5) is 0. The van der Waals surface area contributed by atoms with Crippen LogP contribution in [0, 0.1) is 0 Å². The lowest BCUT2D eigenvalue weighted by Gasteiger charge is -2.17. The average Bonchev–Trinajstić information content (AvgIpc) is 3.75. The van der Waals surface area contributed by atoms with E-state index in [1.807, 2.05) is 0 Å². The molecule has 0 saturated carbocycles. The zero-order valence-corrected chi connectivity index (χ0v) is 37.8. The fourth-order valence-electron chi connectivity index (χ4n) is 11.1. The molecule has 0 atom stereocenters. The molecule has 69 heavy (non-hydrogen) atoms. The molecule has 0 aliphatic carbocycles. The highest BCUT2D eigenvalue weighted by molar-refractivity contribution is 6.18. The predicted octanol–water partition coefficient (Wildman–Crippen LogP) is 18.9. The maximum absolute atomic E-state index is 2.49. The van der Waals surface area contributed by atoms with Gasteiger partial charge in [0.2, 0.25) is 0 Å². The fraction of sp³-hybridized carbons (Fsp3) is 0. The van der Waals surface area contributed by atoms with Crippen LogP contribution in [0.3, 0.4) is 0 Å². The van der Waals surface area contributed by atoms with Gasteiger partial charge < -0.3 is 4.57 Å². The number of benzene rings is 13. The van der Waals surface area contributed by atoms with Crippen molar-refractivity contribution in [3.05, 3.63) is 261 Å². The maximum atomic E-state index is 2.49. The summed E-state index contributed by atoms with van der Waals surface area (Å²) >= 11 is 0. The summed E-state index contributed by atoms with van der Waals surface area (Å²) in [6.45, 7) is 0. The van der Waals surface area contributed by atoms with Crippen LogP contribution < -0.4 is 0 Å². The van der Waals surface area contributed by atoms with Crippen molar-refractivity contribution in [1.29, 1.82) is 0 Å². The Morgan fingerprint density at radius 3 is 1.09 bits per heavy atom. The number of fused-ring (bicyclic) bond motifs is 9. The van der Waals surface area contributed by atoms with Gasteiger partial charge in [0.25, 0.3) is 0 Å². The van der Waals surface area contributed by atoms with Gasteiger partial charge in [-0.25, -0.2) is 0 Å². The Bertz CT molecular complexity index is 4160. The zero-order valence-electron chi connectivity index (χ0n) is 37.8. The molecule has 0 aliphatic heterocycles. The van der Waals surface area contributed by atoms with Crippen molar-refractivity contribution < 1.29 is 0 Å². The van der Waals surface area contributed by atoms with Crippen LogP contribution in [0.4, 0.5) is 0 Å². The van der Waals surface area contributed by atoms with Crippen LogP contribution in [0.25, 0.3) is 137 Å². The van der Waals surface area contributed by atoms with Gasteiger partial charge in [0, 0.05) is 16.2 Å². The van der Waals surface area contributed by atoms with Gasteiger partial charge >= 0.3 is 0 Å². The molecule has 1 aromatic heterocycles. The first-order valence-corrected chi connectivity index (χ1v) is 23.9.